The summed E-state index contributed by atoms with van der Waals surface area (Å²) in [5.74, 6) is -0.723. The van der Waals surface area contributed by atoms with Crippen molar-refractivity contribution in [3.05, 3.63) is 23.8 Å². The molecule has 0 aliphatic heterocycles. The molecule has 3 N–H and O–H groups in total. The molecule has 1 rings (SSSR count). The van der Waals surface area contributed by atoms with E-state index in [9.17, 15) is 18.0 Å². The first-order chi connectivity index (χ1) is 9.29. The third-order valence-corrected chi connectivity index (χ3v) is 2.47. The van der Waals surface area contributed by atoms with Crippen LogP contribution in [0.3, 0.4) is 0 Å². The zero-order valence-electron chi connectivity index (χ0n) is 11.0. The first-order valence-corrected chi connectivity index (χ1v) is 5.60. The highest BCUT2D eigenvalue weighted by Gasteiger charge is 2.34. The van der Waals surface area contributed by atoms with E-state index in [1.165, 1.54) is 20.3 Å². The molecule has 1 amide bonds. The van der Waals surface area contributed by atoms with Crippen molar-refractivity contribution in [3.8, 4) is 5.75 Å². The van der Waals surface area contributed by atoms with Gasteiger partial charge < -0.3 is 20.5 Å². The summed E-state index contributed by atoms with van der Waals surface area (Å²) in [5, 5.41) is 2.13. The SMILES string of the molecule is COCC(N)C(=O)Nc1ccc(OC)cc1C(F)(F)F. The summed E-state index contributed by atoms with van der Waals surface area (Å²) in [7, 11) is 2.59. The summed E-state index contributed by atoms with van der Waals surface area (Å²) >= 11 is 0. The molecule has 5 nitrogen and oxygen atoms in total. The Balaban J connectivity index is 3.03. The molecule has 0 fully saturated rings. The Labute approximate surface area is 113 Å². The lowest BCUT2D eigenvalue weighted by Gasteiger charge is -2.17. The van der Waals surface area contributed by atoms with Crippen LogP contribution in [0.2, 0.25) is 0 Å². The van der Waals surface area contributed by atoms with Gasteiger partial charge in [-0.05, 0) is 18.2 Å². The maximum atomic E-state index is 12.9. The molecule has 1 unspecified atom stereocenters. The summed E-state index contributed by atoms with van der Waals surface area (Å²) in [6.07, 6.45) is -4.62. The number of carbonyl (C=O) groups is 1. The number of halogens is 3. The van der Waals surface area contributed by atoms with E-state index in [2.05, 4.69) is 10.1 Å². The number of nitrogens with one attached hydrogen (secondary N) is 1. The lowest BCUT2D eigenvalue weighted by atomic mass is 10.1. The quantitative estimate of drug-likeness (QED) is 0.865. The van der Waals surface area contributed by atoms with Crippen LogP contribution in [0.15, 0.2) is 18.2 Å². The zero-order valence-corrected chi connectivity index (χ0v) is 11.0. The Kier molecular flexibility index (Phi) is 5.34. The summed E-state index contributed by atoms with van der Waals surface area (Å²) in [6, 6.07) is 2.17. The number of rotatable bonds is 5. The predicted molar refractivity (Wildman–Crippen MR) is 66.5 cm³/mol. The van der Waals surface area contributed by atoms with Gasteiger partial charge in [-0.15, -0.1) is 0 Å². The van der Waals surface area contributed by atoms with E-state index in [0.29, 0.717) is 0 Å². The molecule has 0 aliphatic carbocycles. The summed E-state index contributed by atoms with van der Waals surface area (Å²) in [6.45, 7) is -0.0939. The van der Waals surface area contributed by atoms with Crippen LogP contribution in [-0.2, 0) is 15.7 Å². The van der Waals surface area contributed by atoms with Crippen molar-refractivity contribution in [2.75, 3.05) is 26.1 Å². The minimum absolute atomic E-state index is 0.0384. The number of hydrogen-bond acceptors (Lipinski definition) is 4. The van der Waals surface area contributed by atoms with Crippen molar-refractivity contribution < 1.29 is 27.4 Å². The molecule has 0 bridgehead atoms. The molecule has 0 spiro atoms. The third-order valence-electron chi connectivity index (χ3n) is 2.47. The Morgan fingerprint density at radius 3 is 2.55 bits per heavy atom. The van der Waals surface area contributed by atoms with E-state index in [0.717, 1.165) is 12.1 Å². The molecule has 20 heavy (non-hydrogen) atoms. The fraction of sp³-hybridized carbons (Fsp3) is 0.417. The number of ether oxygens (including phenoxy) is 2. The van der Waals surface area contributed by atoms with Gasteiger partial charge in [0.05, 0.1) is 25.0 Å². The number of carbonyl (C=O) groups excluding carboxylic acids is 1. The maximum absolute atomic E-state index is 12.9. The average molecular weight is 292 g/mol. The average Bonchev–Trinajstić information content (AvgIpc) is 2.38. The highest BCUT2D eigenvalue weighted by atomic mass is 19.4. The minimum Gasteiger partial charge on any atom is -0.497 e. The van der Waals surface area contributed by atoms with Crippen LogP contribution in [0.25, 0.3) is 0 Å². The normalized spacial score (nSPS) is 12.9. The van der Waals surface area contributed by atoms with Gasteiger partial charge in [0.25, 0.3) is 0 Å². The van der Waals surface area contributed by atoms with Crippen LogP contribution in [0.1, 0.15) is 5.56 Å². The number of amides is 1. The molecule has 1 atom stereocenters. The van der Waals surface area contributed by atoms with Crippen molar-refractivity contribution in [2.24, 2.45) is 5.73 Å². The molecule has 112 valence electrons. The molecule has 0 aliphatic rings. The van der Waals surface area contributed by atoms with Crippen molar-refractivity contribution in [1.82, 2.24) is 0 Å². The molecule has 8 heteroatoms. The number of anilines is 1. The van der Waals surface area contributed by atoms with Gasteiger partial charge in [0, 0.05) is 7.11 Å². The highest BCUT2D eigenvalue weighted by Crippen LogP contribution is 2.37. The van der Waals surface area contributed by atoms with Gasteiger partial charge in [0.1, 0.15) is 11.8 Å². The van der Waals surface area contributed by atoms with Gasteiger partial charge in [-0.3, -0.25) is 4.79 Å². The number of alkyl halides is 3. The van der Waals surface area contributed by atoms with Crippen LogP contribution in [0, 0.1) is 0 Å². The first kappa shape index (κ1) is 16.3. The third kappa shape index (κ3) is 4.10. The molecular weight excluding hydrogens is 277 g/mol. The zero-order chi connectivity index (χ0) is 15.3. The Morgan fingerprint density at radius 1 is 1.40 bits per heavy atom. The summed E-state index contributed by atoms with van der Waals surface area (Å²) < 4.78 is 48.1. The van der Waals surface area contributed by atoms with Crippen LogP contribution in [-0.4, -0.2) is 32.8 Å². The van der Waals surface area contributed by atoms with E-state index in [-0.39, 0.29) is 18.0 Å². The number of methoxy groups -OCH3 is 2. The van der Waals surface area contributed by atoms with Crippen LogP contribution >= 0.6 is 0 Å². The van der Waals surface area contributed by atoms with Crippen LogP contribution in [0.4, 0.5) is 18.9 Å². The second kappa shape index (κ2) is 6.58. The fourth-order valence-corrected chi connectivity index (χ4v) is 1.47. The Bertz CT molecular complexity index is 478. The smallest absolute Gasteiger partial charge is 0.418 e. The molecular formula is C12H15F3N2O3. The van der Waals surface area contributed by atoms with Gasteiger partial charge in [0.2, 0.25) is 5.91 Å². The van der Waals surface area contributed by atoms with Gasteiger partial charge in [0.15, 0.2) is 0 Å². The molecule has 0 aromatic heterocycles. The van der Waals surface area contributed by atoms with E-state index < -0.39 is 23.7 Å². The molecule has 0 heterocycles. The van der Waals surface area contributed by atoms with Crippen molar-refractivity contribution in [1.29, 1.82) is 0 Å². The number of benzene rings is 1. The minimum atomic E-state index is -4.62. The molecule has 0 saturated carbocycles. The van der Waals surface area contributed by atoms with Crippen molar-refractivity contribution in [2.45, 2.75) is 12.2 Å². The summed E-state index contributed by atoms with van der Waals surface area (Å²) in [5.41, 5.74) is 4.06. The standard InChI is InChI=1S/C12H15F3N2O3/c1-19-6-9(16)11(18)17-10-4-3-7(20-2)5-8(10)12(13,14)15/h3-5,9H,6,16H2,1-2H3,(H,17,18). The molecule has 0 saturated heterocycles. The van der Waals surface area contributed by atoms with Crippen molar-refractivity contribution >= 4 is 11.6 Å². The lowest BCUT2D eigenvalue weighted by molar-refractivity contribution is -0.137. The second-order valence-corrected chi connectivity index (χ2v) is 3.96. The van der Waals surface area contributed by atoms with Gasteiger partial charge in [-0.25, -0.2) is 0 Å². The Morgan fingerprint density at radius 2 is 2.05 bits per heavy atom. The van der Waals surface area contributed by atoms with Crippen LogP contribution < -0.4 is 15.8 Å². The second-order valence-electron chi connectivity index (χ2n) is 3.96. The molecule has 1 aromatic rings. The molecule has 1 aromatic carbocycles. The van der Waals surface area contributed by atoms with E-state index in [1.54, 1.807) is 0 Å². The number of hydrogen-bond donors (Lipinski definition) is 2. The van der Waals surface area contributed by atoms with E-state index in [1.807, 2.05) is 0 Å². The number of nitrogens with two attached hydrogens (primary N) is 1. The van der Waals surface area contributed by atoms with Gasteiger partial charge in [-0.1, -0.05) is 0 Å². The maximum Gasteiger partial charge on any atom is 0.418 e. The topological polar surface area (TPSA) is 73.6 Å². The van der Waals surface area contributed by atoms with E-state index in [4.69, 9.17) is 10.5 Å². The fourth-order valence-electron chi connectivity index (χ4n) is 1.47. The van der Waals surface area contributed by atoms with Gasteiger partial charge >= 0.3 is 6.18 Å². The van der Waals surface area contributed by atoms with Gasteiger partial charge in [-0.2, -0.15) is 13.2 Å². The predicted octanol–water partition coefficient (Wildman–Crippen LogP) is 1.63. The lowest BCUT2D eigenvalue weighted by Crippen LogP contribution is -2.39. The largest absolute Gasteiger partial charge is 0.497 e. The summed E-state index contributed by atoms with van der Waals surface area (Å²) in [4.78, 5) is 11.6. The highest BCUT2D eigenvalue weighted by molar-refractivity contribution is 5.95. The first-order valence-electron chi connectivity index (χ1n) is 5.60. The van der Waals surface area contributed by atoms with Crippen LogP contribution in [0.5, 0.6) is 5.75 Å². The van der Waals surface area contributed by atoms with E-state index >= 15 is 0 Å². The Hall–Kier alpha value is -1.80. The van der Waals surface area contributed by atoms with Crippen molar-refractivity contribution in [3.63, 3.8) is 0 Å². The molecule has 0 radical (unpaired) electrons. The monoisotopic (exact) mass is 292 g/mol.